The van der Waals surface area contributed by atoms with Gasteiger partial charge in [-0.15, -0.1) is 13.2 Å². The number of alkyl halides is 3. The van der Waals surface area contributed by atoms with Gasteiger partial charge < -0.3 is 9.47 Å². The van der Waals surface area contributed by atoms with Gasteiger partial charge in [-0.2, -0.15) is 4.31 Å². The van der Waals surface area contributed by atoms with Crippen molar-refractivity contribution in [1.82, 2.24) is 9.79 Å². The van der Waals surface area contributed by atoms with Gasteiger partial charge in [0.05, 0.1) is 22.8 Å². The second-order valence-electron chi connectivity index (χ2n) is 8.04. The van der Waals surface area contributed by atoms with Crippen LogP contribution in [0.3, 0.4) is 0 Å². The largest absolute Gasteiger partial charge is 0.573 e. The molecule has 15 heteroatoms. The Morgan fingerprint density at radius 3 is 2.08 bits per heavy atom. The maximum Gasteiger partial charge on any atom is 0.573 e. The summed E-state index contributed by atoms with van der Waals surface area (Å²) >= 11 is 0. The van der Waals surface area contributed by atoms with Gasteiger partial charge in [0.2, 0.25) is 15.9 Å². The van der Waals surface area contributed by atoms with Crippen molar-refractivity contribution in [3.05, 3.63) is 48.5 Å². The third kappa shape index (κ3) is 7.09. The van der Waals surface area contributed by atoms with Crippen molar-refractivity contribution in [3.63, 3.8) is 0 Å². The quantitative estimate of drug-likeness (QED) is 0.358. The number of hydrogen-bond donors (Lipinski definition) is 2. The van der Waals surface area contributed by atoms with Gasteiger partial charge in [-0.25, -0.2) is 22.3 Å². The summed E-state index contributed by atoms with van der Waals surface area (Å²) in [5.74, 6) is -3.21. The van der Waals surface area contributed by atoms with Crippen molar-refractivity contribution in [2.24, 2.45) is 5.92 Å². The number of rotatable bonds is 9. The van der Waals surface area contributed by atoms with Gasteiger partial charge in [-0.1, -0.05) is 0 Å². The molecule has 0 radical (unpaired) electrons. The van der Waals surface area contributed by atoms with Gasteiger partial charge >= 0.3 is 6.36 Å². The van der Waals surface area contributed by atoms with Crippen molar-refractivity contribution in [3.8, 4) is 17.2 Å². The third-order valence-corrected chi connectivity index (χ3v) is 8.55. The van der Waals surface area contributed by atoms with E-state index in [-0.39, 0.29) is 29.4 Å². The molecule has 0 aliphatic carbocycles. The number of sulfone groups is 1. The van der Waals surface area contributed by atoms with Crippen molar-refractivity contribution >= 4 is 25.8 Å². The van der Waals surface area contributed by atoms with E-state index >= 15 is 0 Å². The number of halogens is 3. The average molecular weight is 553 g/mol. The number of ether oxygens (including phenoxy) is 2. The molecule has 0 aromatic heterocycles. The van der Waals surface area contributed by atoms with Crippen LogP contribution in [0.2, 0.25) is 0 Å². The highest BCUT2D eigenvalue weighted by Gasteiger charge is 2.42. The lowest BCUT2D eigenvalue weighted by atomic mass is 10.00. The molecule has 10 nitrogen and oxygen atoms in total. The molecule has 2 atom stereocenters. The first-order chi connectivity index (χ1) is 16.7. The van der Waals surface area contributed by atoms with Crippen molar-refractivity contribution < 1.29 is 49.5 Å². The summed E-state index contributed by atoms with van der Waals surface area (Å²) in [5.41, 5.74) is 1.42. The topological polar surface area (TPSA) is 139 Å². The summed E-state index contributed by atoms with van der Waals surface area (Å²) in [6, 6.07) is 8.68. The molecule has 2 aromatic carbocycles. The maximum absolute atomic E-state index is 13.0. The van der Waals surface area contributed by atoms with E-state index < -0.39 is 55.6 Å². The zero-order chi connectivity index (χ0) is 26.7. The Labute approximate surface area is 205 Å². The van der Waals surface area contributed by atoms with Gasteiger partial charge in [0.1, 0.15) is 17.2 Å². The Balaban J connectivity index is 1.74. The van der Waals surface area contributed by atoms with Gasteiger partial charge in [0, 0.05) is 12.6 Å². The monoisotopic (exact) mass is 552 g/mol. The number of nitrogens with zero attached hydrogens (tertiary/aromatic N) is 1. The minimum Gasteiger partial charge on any atom is -0.457 e. The number of carbonyl (C=O) groups is 1. The van der Waals surface area contributed by atoms with E-state index in [1.807, 2.05) is 0 Å². The molecule has 1 heterocycles. The minimum absolute atomic E-state index is 0.133. The first kappa shape index (κ1) is 27.7. The van der Waals surface area contributed by atoms with Crippen molar-refractivity contribution in [1.29, 1.82) is 0 Å². The molecule has 2 N–H and O–H groups in total. The van der Waals surface area contributed by atoms with Crippen LogP contribution in [-0.2, 0) is 24.7 Å². The molecule has 2 aromatic rings. The van der Waals surface area contributed by atoms with Crippen LogP contribution < -0.4 is 15.0 Å². The van der Waals surface area contributed by atoms with Crippen LogP contribution in [0, 0.1) is 5.92 Å². The summed E-state index contributed by atoms with van der Waals surface area (Å²) < 4.78 is 97.3. The van der Waals surface area contributed by atoms with Gasteiger partial charge in [0.15, 0.2) is 9.84 Å². The zero-order valence-corrected chi connectivity index (χ0v) is 20.4. The van der Waals surface area contributed by atoms with E-state index in [4.69, 9.17) is 9.94 Å². The lowest BCUT2D eigenvalue weighted by Crippen LogP contribution is -2.48. The number of hydroxylamine groups is 1. The van der Waals surface area contributed by atoms with Crippen LogP contribution in [0.1, 0.15) is 12.8 Å². The van der Waals surface area contributed by atoms with Crippen molar-refractivity contribution in [2.45, 2.75) is 30.1 Å². The Morgan fingerprint density at radius 1 is 1.06 bits per heavy atom. The summed E-state index contributed by atoms with van der Waals surface area (Å²) in [6.45, 7) is 0.133. The van der Waals surface area contributed by atoms with E-state index in [0.29, 0.717) is 6.42 Å². The number of nitrogens with one attached hydrogen (secondary N) is 1. The minimum atomic E-state index is -4.83. The molecule has 0 saturated carbocycles. The highest BCUT2D eigenvalue weighted by Crippen LogP contribution is 2.31. The van der Waals surface area contributed by atoms with Crippen LogP contribution in [0.5, 0.6) is 17.2 Å². The van der Waals surface area contributed by atoms with Crippen LogP contribution in [0.4, 0.5) is 13.2 Å². The second-order valence-corrected chi connectivity index (χ2v) is 12.0. The van der Waals surface area contributed by atoms with E-state index in [0.717, 1.165) is 22.7 Å². The number of amides is 1. The summed E-state index contributed by atoms with van der Waals surface area (Å²) in [6.07, 6.45) is -3.19. The van der Waals surface area contributed by atoms with E-state index in [1.54, 1.807) is 0 Å². The smallest absolute Gasteiger partial charge is 0.457 e. The average Bonchev–Trinajstić information content (AvgIpc) is 3.28. The predicted molar refractivity (Wildman–Crippen MR) is 120 cm³/mol. The molecule has 0 bridgehead atoms. The predicted octanol–water partition coefficient (Wildman–Crippen LogP) is 2.70. The lowest BCUT2D eigenvalue weighted by Gasteiger charge is -2.28. The van der Waals surface area contributed by atoms with Crippen LogP contribution in [-0.4, -0.2) is 63.2 Å². The second kappa shape index (κ2) is 10.6. The third-order valence-electron chi connectivity index (χ3n) is 5.46. The Bertz CT molecular complexity index is 1280. The molecule has 0 unspecified atom stereocenters. The first-order valence-corrected chi connectivity index (χ1v) is 14.0. The van der Waals surface area contributed by atoms with Crippen LogP contribution >= 0.6 is 0 Å². The van der Waals surface area contributed by atoms with Gasteiger partial charge in [-0.05, 0) is 61.4 Å². The SMILES string of the molecule is CS(=O)(=O)N1CCC[C@@H]1[C@@H](CS(=O)(=O)c1ccc(Oc2ccc(OC(F)(F)F)cc2)cc1)C(=O)NO. The highest BCUT2D eigenvalue weighted by atomic mass is 32.2. The molecule has 36 heavy (non-hydrogen) atoms. The molecule has 1 saturated heterocycles. The molecule has 1 amide bonds. The van der Waals surface area contributed by atoms with Crippen molar-refractivity contribution in [2.75, 3.05) is 18.6 Å². The van der Waals surface area contributed by atoms with Crippen LogP contribution in [0.15, 0.2) is 53.4 Å². The highest BCUT2D eigenvalue weighted by molar-refractivity contribution is 7.91. The molecule has 1 fully saturated rings. The fourth-order valence-electron chi connectivity index (χ4n) is 3.92. The number of carbonyl (C=O) groups excluding carboxylic acids is 1. The molecular weight excluding hydrogens is 529 g/mol. The van der Waals surface area contributed by atoms with E-state index in [2.05, 4.69) is 4.74 Å². The summed E-state index contributed by atoms with van der Waals surface area (Å²) in [5, 5.41) is 9.13. The van der Waals surface area contributed by atoms with E-state index in [1.165, 1.54) is 41.9 Å². The summed E-state index contributed by atoms with van der Waals surface area (Å²) in [4.78, 5) is 12.1. The molecular formula is C21H23F3N2O8S2. The number of hydrogen-bond acceptors (Lipinski definition) is 8. The molecule has 1 aliphatic rings. The lowest BCUT2D eigenvalue weighted by molar-refractivity contribution is -0.274. The molecule has 0 spiro atoms. The Hall–Kier alpha value is -2.88. The molecule has 1 aliphatic heterocycles. The Morgan fingerprint density at radius 2 is 1.58 bits per heavy atom. The van der Waals surface area contributed by atoms with Crippen LogP contribution in [0.25, 0.3) is 0 Å². The van der Waals surface area contributed by atoms with E-state index in [9.17, 15) is 34.8 Å². The first-order valence-electron chi connectivity index (χ1n) is 10.5. The summed E-state index contributed by atoms with van der Waals surface area (Å²) in [7, 11) is -7.81. The standard InChI is InChI=1S/C21H23F3N2O8S2/c1-35(29,30)26-12-2-3-19(26)18(20(27)25-28)13-36(31,32)17-10-8-15(9-11-17)33-14-4-6-16(7-5-14)34-21(22,23)24/h4-11,18-19,28H,2-3,12-13H2,1H3,(H,25,27)/t18-,19-/m1/s1. The number of benzene rings is 2. The van der Waals surface area contributed by atoms with Gasteiger partial charge in [-0.3, -0.25) is 10.0 Å². The Kier molecular flexibility index (Phi) is 8.17. The zero-order valence-electron chi connectivity index (χ0n) is 18.8. The molecule has 3 rings (SSSR count). The fourth-order valence-corrected chi connectivity index (χ4v) is 6.71. The maximum atomic E-state index is 13.0. The molecule has 198 valence electrons. The normalized spacial score (nSPS) is 18.0. The fraction of sp³-hybridized carbons (Fsp3) is 0.381. The van der Waals surface area contributed by atoms with Gasteiger partial charge in [0.25, 0.3) is 0 Å². The number of sulfonamides is 1.